The summed E-state index contributed by atoms with van der Waals surface area (Å²) in [6.07, 6.45) is 7.60. The zero-order chi connectivity index (χ0) is 57.4. The Morgan fingerprint density at radius 2 is 1.05 bits per heavy atom. The average molecular weight is 1130 g/mol. The molecule has 2 unspecified atom stereocenters. The summed E-state index contributed by atoms with van der Waals surface area (Å²) in [4.78, 5) is 36.4. The number of hydrogen-bond acceptors (Lipinski definition) is 12. The van der Waals surface area contributed by atoms with Crippen molar-refractivity contribution in [1.29, 1.82) is 5.26 Å². The van der Waals surface area contributed by atoms with E-state index in [1.807, 2.05) is 56.3 Å². The van der Waals surface area contributed by atoms with Gasteiger partial charge in [-0.15, -0.1) is 0 Å². The molecule has 14 nitrogen and oxygen atoms in total. The van der Waals surface area contributed by atoms with E-state index in [1.54, 1.807) is 74.3 Å². The minimum absolute atomic E-state index is 0.0483. The van der Waals surface area contributed by atoms with Gasteiger partial charge in [-0.2, -0.15) is 5.26 Å². The number of nitrogens with zero attached hydrogens (tertiary/aromatic N) is 4. The minimum Gasteiger partial charge on any atom is -0.488 e. The SMILES string of the molecule is CN=Cc1cncc(COc2cc(OCc3cccc(-c4cccc(COc5cc(OCc6cncc(C#N)c6)c(CNC(CC(=O)O)c6ccc(F)cc6)cc5Cl)c4C)c3C)c(Cl)cc2CNC(CC(=O)O)c2ccc(F)cc2)c1. The Kier molecular flexibility index (Phi) is 20.1. The number of carbonyl (C=O) groups is 2. The lowest BCUT2D eigenvalue weighted by atomic mass is 9.92. The first kappa shape index (κ1) is 58.4. The molecule has 0 saturated carbocycles. The first-order valence-corrected chi connectivity index (χ1v) is 26.3. The molecule has 2 aromatic heterocycles. The van der Waals surface area contributed by atoms with Crippen LogP contribution in [0.5, 0.6) is 23.0 Å². The van der Waals surface area contributed by atoms with Crippen LogP contribution in [0, 0.1) is 36.8 Å². The molecule has 0 saturated heterocycles. The molecule has 2 atom stereocenters. The van der Waals surface area contributed by atoms with Gasteiger partial charge in [-0.05, 0) is 107 Å². The van der Waals surface area contributed by atoms with Crippen LogP contribution >= 0.6 is 23.2 Å². The maximum Gasteiger partial charge on any atom is 0.305 e. The molecule has 0 fully saturated rings. The Morgan fingerprint density at radius 1 is 0.605 bits per heavy atom. The van der Waals surface area contributed by atoms with E-state index < -0.39 is 35.7 Å². The molecule has 8 aromatic rings. The lowest BCUT2D eigenvalue weighted by molar-refractivity contribution is -0.138. The molecule has 6 aromatic carbocycles. The molecule has 0 aliphatic rings. The van der Waals surface area contributed by atoms with Gasteiger partial charge in [-0.3, -0.25) is 24.5 Å². The Labute approximate surface area is 477 Å². The van der Waals surface area contributed by atoms with Crippen LogP contribution in [-0.2, 0) is 49.1 Å². The van der Waals surface area contributed by atoms with Crippen LogP contribution in [-0.4, -0.2) is 45.4 Å². The highest BCUT2D eigenvalue weighted by Gasteiger charge is 2.22. The van der Waals surface area contributed by atoms with Gasteiger partial charge in [0.2, 0.25) is 0 Å². The van der Waals surface area contributed by atoms with Crippen molar-refractivity contribution in [2.75, 3.05) is 7.05 Å². The number of benzene rings is 6. The molecule has 8 rings (SSSR count). The van der Waals surface area contributed by atoms with Crippen LogP contribution in [0.1, 0.15) is 91.7 Å². The van der Waals surface area contributed by atoms with E-state index in [-0.39, 0.29) is 57.4 Å². The standard InChI is InChI=1S/C63H56Cl2F2N6O8/c1-38-46(36-80-60-24-58(78-34-42-18-40(26-68)28-70-30-42)48(20-54(60)64)32-72-56(22-62(74)75)44-10-14-50(66)15-11-44)6-4-8-52(38)53-9-5-7-47(39(53)2)37-81-61-25-59(79-35-43-19-41(27-69-3)29-71-31-43)49(21-55(61)65)33-73-57(23-63(76)77)45-12-16-51(67)17-13-45/h4-21,24-25,27-31,56-57,72-73H,22-23,32-37H2,1-3H3,(H,74,75)(H,76,77). The Morgan fingerprint density at radius 3 is 1.49 bits per heavy atom. The average Bonchev–Trinajstić information content (AvgIpc) is 3.46. The van der Waals surface area contributed by atoms with Crippen LogP contribution < -0.4 is 29.6 Å². The maximum absolute atomic E-state index is 13.8. The molecular formula is C63H56Cl2F2N6O8. The number of nitrogens with one attached hydrogen (secondary N) is 2. The Balaban J connectivity index is 1.01. The summed E-state index contributed by atoms with van der Waals surface area (Å²) >= 11 is 13.9. The number of aromatic nitrogens is 2. The Hall–Kier alpha value is -8.72. The molecule has 414 valence electrons. The van der Waals surface area contributed by atoms with Gasteiger partial charge in [0.25, 0.3) is 0 Å². The molecule has 0 radical (unpaired) electrons. The van der Waals surface area contributed by atoms with Crippen molar-refractivity contribution < 1.29 is 47.5 Å². The predicted molar refractivity (Wildman–Crippen MR) is 305 cm³/mol. The largest absolute Gasteiger partial charge is 0.488 e. The fraction of sp³-hybridized carbons (Fsp3) is 0.206. The number of carboxylic acids is 2. The monoisotopic (exact) mass is 1130 g/mol. The number of ether oxygens (including phenoxy) is 4. The van der Waals surface area contributed by atoms with Crippen molar-refractivity contribution in [3.8, 4) is 40.2 Å². The molecule has 0 spiro atoms. The molecule has 0 aliphatic carbocycles. The van der Waals surface area contributed by atoms with Gasteiger partial charge in [0.05, 0.1) is 28.5 Å². The van der Waals surface area contributed by atoms with E-state index >= 15 is 0 Å². The van der Waals surface area contributed by atoms with Crippen molar-refractivity contribution in [3.63, 3.8) is 0 Å². The van der Waals surface area contributed by atoms with E-state index in [0.29, 0.717) is 61.4 Å². The van der Waals surface area contributed by atoms with Crippen LogP contribution in [0.4, 0.5) is 8.78 Å². The smallest absolute Gasteiger partial charge is 0.305 e. The third kappa shape index (κ3) is 16.0. The number of aliphatic imine (C=N–C) groups is 1. The summed E-state index contributed by atoms with van der Waals surface area (Å²) in [6, 6.07) is 34.4. The maximum atomic E-state index is 13.8. The third-order valence-electron chi connectivity index (χ3n) is 13.4. The van der Waals surface area contributed by atoms with Crippen molar-refractivity contribution in [2.24, 2.45) is 4.99 Å². The molecule has 4 N–H and O–H groups in total. The lowest BCUT2D eigenvalue weighted by Gasteiger charge is -2.21. The fourth-order valence-corrected chi connectivity index (χ4v) is 9.55. The van der Waals surface area contributed by atoms with Crippen molar-refractivity contribution in [2.45, 2.75) is 78.3 Å². The van der Waals surface area contributed by atoms with E-state index in [0.717, 1.165) is 44.5 Å². The first-order valence-electron chi connectivity index (χ1n) is 25.6. The summed E-state index contributed by atoms with van der Waals surface area (Å²) in [7, 11) is 1.67. The molecule has 18 heteroatoms. The summed E-state index contributed by atoms with van der Waals surface area (Å²) in [5.74, 6) is -1.43. The van der Waals surface area contributed by atoms with Crippen molar-refractivity contribution in [3.05, 3.63) is 235 Å². The first-order chi connectivity index (χ1) is 39.1. The van der Waals surface area contributed by atoms with Crippen LogP contribution in [0.3, 0.4) is 0 Å². The summed E-state index contributed by atoms with van der Waals surface area (Å²) in [5.41, 5.74) is 10.7. The second-order valence-corrected chi connectivity index (χ2v) is 19.8. The Bertz CT molecular complexity index is 3600. The van der Waals surface area contributed by atoms with Crippen molar-refractivity contribution in [1.82, 2.24) is 20.6 Å². The molecule has 0 bridgehead atoms. The van der Waals surface area contributed by atoms with Crippen LogP contribution in [0.25, 0.3) is 11.1 Å². The summed E-state index contributed by atoms with van der Waals surface area (Å²) in [5, 5.41) is 36.1. The molecule has 0 aliphatic heterocycles. The van der Waals surface area contributed by atoms with E-state index in [1.165, 1.54) is 42.6 Å². The zero-order valence-corrected chi connectivity index (χ0v) is 45.9. The predicted octanol–water partition coefficient (Wildman–Crippen LogP) is 13.2. The number of hydrogen-bond donors (Lipinski definition) is 4. The van der Waals surface area contributed by atoms with Gasteiger partial charge in [-0.1, -0.05) is 83.9 Å². The van der Waals surface area contributed by atoms with Crippen LogP contribution in [0.15, 0.2) is 151 Å². The minimum atomic E-state index is -1.04. The van der Waals surface area contributed by atoms with Gasteiger partial charge in [0.15, 0.2) is 0 Å². The fourth-order valence-electron chi connectivity index (χ4n) is 9.07. The molecule has 81 heavy (non-hydrogen) atoms. The zero-order valence-electron chi connectivity index (χ0n) is 44.4. The lowest BCUT2D eigenvalue weighted by Crippen LogP contribution is -2.24. The highest BCUT2D eigenvalue weighted by Crippen LogP contribution is 2.38. The third-order valence-corrected chi connectivity index (χ3v) is 14.0. The van der Waals surface area contributed by atoms with Gasteiger partial charge >= 0.3 is 11.9 Å². The highest BCUT2D eigenvalue weighted by atomic mass is 35.5. The molecule has 0 amide bonds. The number of pyridine rings is 2. The van der Waals surface area contributed by atoms with E-state index in [4.69, 9.17) is 42.1 Å². The number of halogens is 4. The summed E-state index contributed by atoms with van der Waals surface area (Å²) in [6.45, 7) is 4.78. The second-order valence-electron chi connectivity index (χ2n) is 19.0. The normalized spacial score (nSPS) is 11.9. The number of nitriles is 1. The summed E-state index contributed by atoms with van der Waals surface area (Å²) < 4.78 is 53.3. The second kappa shape index (κ2) is 27.9. The topological polar surface area (TPSA) is 198 Å². The number of rotatable bonds is 26. The van der Waals surface area contributed by atoms with Gasteiger partial charge in [0.1, 0.15) is 67.1 Å². The number of aliphatic carboxylic acids is 2. The number of carboxylic acid groups (broad SMARTS) is 2. The van der Waals surface area contributed by atoms with Gasteiger partial charge < -0.3 is 39.8 Å². The van der Waals surface area contributed by atoms with Crippen molar-refractivity contribution >= 4 is 41.4 Å². The quantitative estimate of drug-likeness (QED) is 0.0374. The molecular weight excluding hydrogens is 1080 g/mol. The van der Waals surface area contributed by atoms with Crippen LogP contribution in [0.2, 0.25) is 10.0 Å². The molecule has 2 heterocycles. The van der Waals surface area contributed by atoms with Gasteiger partial charge in [0, 0.05) is 103 Å². The van der Waals surface area contributed by atoms with E-state index in [2.05, 4.69) is 31.7 Å². The van der Waals surface area contributed by atoms with E-state index in [9.17, 15) is 33.8 Å². The van der Waals surface area contributed by atoms with Gasteiger partial charge in [-0.25, -0.2) is 8.78 Å². The highest BCUT2D eigenvalue weighted by molar-refractivity contribution is 6.32.